The van der Waals surface area contributed by atoms with Crippen LogP contribution in [-0.4, -0.2) is 17.5 Å². The lowest BCUT2D eigenvalue weighted by atomic mass is 9.99. The molecule has 3 aromatic carbocycles. The van der Waals surface area contributed by atoms with Gasteiger partial charge in [-0.1, -0.05) is 79.2 Å². The average Bonchev–Trinajstić information content (AvgIpc) is 2.84. The van der Waals surface area contributed by atoms with Crippen molar-refractivity contribution in [1.82, 2.24) is 0 Å². The largest absolute Gasteiger partial charge is 0.454 e. The number of nitrogens with zero attached hydrogens (tertiary/aromatic N) is 1. The maximum Gasteiger partial charge on any atom is 0.338 e. The summed E-state index contributed by atoms with van der Waals surface area (Å²) in [4.78, 5) is 23.1. The van der Waals surface area contributed by atoms with Crippen LogP contribution in [0.4, 0.5) is 5.69 Å². The third kappa shape index (κ3) is 7.67. The zero-order valence-electron chi connectivity index (χ0n) is 19.4. The standard InChI is InChI=1S/C28H29NO5/c1-21(17-22(2)19-33-20-23-9-5-3-6-10-23)18-27(24-11-7-4-8-12-24)34-28(30)25-13-15-26(16-14-25)29(31)32/h3-17,22,27H,18-20H2,1-2H3/b21-17+/t22-,27+/m1/s1. The number of esters is 1. The molecule has 0 heterocycles. The first-order valence-electron chi connectivity index (χ1n) is 11.2. The van der Waals surface area contributed by atoms with Gasteiger partial charge in [-0.15, -0.1) is 0 Å². The zero-order valence-corrected chi connectivity index (χ0v) is 19.4. The van der Waals surface area contributed by atoms with Crippen LogP contribution < -0.4 is 0 Å². The number of nitro groups is 1. The molecule has 0 saturated carbocycles. The number of carbonyl (C=O) groups excluding carboxylic acids is 1. The molecule has 0 aliphatic heterocycles. The van der Waals surface area contributed by atoms with Crippen LogP contribution in [0.1, 0.15) is 47.9 Å². The molecule has 0 N–H and O–H groups in total. The van der Waals surface area contributed by atoms with Crippen molar-refractivity contribution >= 4 is 11.7 Å². The van der Waals surface area contributed by atoms with Crippen LogP contribution in [0.5, 0.6) is 0 Å². The van der Waals surface area contributed by atoms with Crippen molar-refractivity contribution in [2.45, 2.75) is 33.0 Å². The molecule has 0 radical (unpaired) electrons. The van der Waals surface area contributed by atoms with Crippen LogP contribution in [0.3, 0.4) is 0 Å². The van der Waals surface area contributed by atoms with E-state index in [9.17, 15) is 14.9 Å². The van der Waals surface area contributed by atoms with Gasteiger partial charge in [-0.05, 0) is 36.1 Å². The van der Waals surface area contributed by atoms with Crippen LogP contribution in [0, 0.1) is 16.0 Å². The molecule has 0 fully saturated rings. The molecule has 0 aliphatic carbocycles. The minimum atomic E-state index is -0.518. The fourth-order valence-corrected chi connectivity index (χ4v) is 3.64. The van der Waals surface area contributed by atoms with Gasteiger partial charge in [-0.25, -0.2) is 4.79 Å². The molecule has 6 nitrogen and oxygen atoms in total. The smallest absolute Gasteiger partial charge is 0.338 e. The van der Waals surface area contributed by atoms with Gasteiger partial charge in [0.25, 0.3) is 5.69 Å². The molecule has 6 heteroatoms. The van der Waals surface area contributed by atoms with Gasteiger partial charge in [0.15, 0.2) is 0 Å². The summed E-state index contributed by atoms with van der Waals surface area (Å²) in [5.41, 5.74) is 3.31. The Morgan fingerprint density at radius 1 is 0.971 bits per heavy atom. The number of benzene rings is 3. The summed E-state index contributed by atoms with van der Waals surface area (Å²) < 4.78 is 11.7. The van der Waals surface area contributed by atoms with Gasteiger partial charge in [0.2, 0.25) is 0 Å². The Morgan fingerprint density at radius 2 is 1.59 bits per heavy atom. The first-order chi connectivity index (χ1) is 16.4. The Hall–Kier alpha value is -3.77. The molecule has 0 unspecified atom stereocenters. The maximum absolute atomic E-state index is 12.8. The molecule has 0 bridgehead atoms. The third-order valence-corrected chi connectivity index (χ3v) is 5.30. The number of ether oxygens (including phenoxy) is 2. The van der Waals surface area contributed by atoms with Crippen molar-refractivity contribution < 1.29 is 19.2 Å². The second kappa shape index (κ2) is 12.5. The van der Waals surface area contributed by atoms with Crippen LogP contribution in [-0.2, 0) is 16.1 Å². The Kier molecular flexibility index (Phi) is 9.12. The highest BCUT2D eigenvalue weighted by molar-refractivity contribution is 5.89. The van der Waals surface area contributed by atoms with Crippen LogP contribution in [0.2, 0.25) is 0 Å². The molecule has 0 amide bonds. The lowest BCUT2D eigenvalue weighted by molar-refractivity contribution is -0.384. The number of non-ortho nitro benzene ring substituents is 1. The first-order valence-corrected chi connectivity index (χ1v) is 11.2. The van der Waals surface area contributed by atoms with E-state index in [1.165, 1.54) is 24.3 Å². The molecule has 2 atom stereocenters. The van der Waals surface area contributed by atoms with E-state index in [-0.39, 0.29) is 17.2 Å². The van der Waals surface area contributed by atoms with E-state index >= 15 is 0 Å². The maximum atomic E-state index is 12.8. The molecule has 34 heavy (non-hydrogen) atoms. The number of hydrogen-bond donors (Lipinski definition) is 0. The molecule has 0 aliphatic rings. The van der Waals surface area contributed by atoms with Crippen molar-refractivity contribution in [2.75, 3.05) is 6.61 Å². The van der Waals surface area contributed by atoms with Gasteiger partial charge in [0.1, 0.15) is 6.10 Å². The highest BCUT2D eigenvalue weighted by atomic mass is 16.6. The minimum absolute atomic E-state index is 0.0709. The molecule has 0 aromatic heterocycles. The van der Waals surface area contributed by atoms with Crippen LogP contribution >= 0.6 is 0 Å². The fourth-order valence-electron chi connectivity index (χ4n) is 3.64. The molecule has 3 aromatic rings. The second-order valence-corrected chi connectivity index (χ2v) is 8.30. The van der Waals surface area contributed by atoms with Crippen molar-refractivity contribution in [3.05, 3.63) is 123 Å². The second-order valence-electron chi connectivity index (χ2n) is 8.30. The van der Waals surface area contributed by atoms with Gasteiger partial charge in [-0.2, -0.15) is 0 Å². The monoisotopic (exact) mass is 459 g/mol. The summed E-state index contributed by atoms with van der Waals surface area (Å²) >= 11 is 0. The van der Waals surface area contributed by atoms with Crippen LogP contribution in [0.25, 0.3) is 0 Å². The number of rotatable bonds is 11. The highest BCUT2D eigenvalue weighted by Crippen LogP contribution is 2.27. The molecule has 0 spiro atoms. The van der Waals surface area contributed by atoms with Crippen molar-refractivity contribution in [3.63, 3.8) is 0 Å². The predicted octanol–water partition coefficient (Wildman–Crippen LogP) is 6.68. The molecule has 0 saturated heterocycles. The highest BCUT2D eigenvalue weighted by Gasteiger charge is 2.19. The van der Waals surface area contributed by atoms with Gasteiger partial charge >= 0.3 is 5.97 Å². The summed E-state index contributed by atoms with van der Waals surface area (Å²) in [5, 5.41) is 10.9. The van der Waals surface area contributed by atoms with Gasteiger partial charge in [0, 0.05) is 18.6 Å². The zero-order chi connectivity index (χ0) is 24.3. The summed E-state index contributed by atoms with van der Waals surface area (Å²) in [6, 6.07) is 25.0. The lowest BCUT2D eigenvalue weighted by Gasteiger charge is -2.20. The van der Waals surface area contributed by atoms with E-state index in [2.05, 4.69) is 13.0 Å². The summed E-state index contributed by atoms with van der Waals surface area (Å²) in [6.07, 6.45) is 2.20. The quantitative estimate of drug-likeness (QED) is 0.138. The molecule has 176 valence electrons. The third-order valence-electron chi connectivity index (χ3n) is 5.30. The van der Waals surface area contributed by atoms with Crippen molar-refractivity contribution in [3.8, 4) is 0 Å². The Labute approximate surface area is 200 Å². The van der Waals surface area contributed by atoms with E-state index in [4.69, 9.17) is 9.47 Å². The van der Waals surface area contributed by atoms with E-state index < -0.39 is 17.0 Å². The van der Waals surface area contributed by atoms with E-state index in [0.29, 0.717) is 19.6 Å². The summed E-state index contributed by atoms with van der Waals surface area (Å²) in [6.45, 7) is 5.26. The molecule has 3 rings (SSSR count). The Bertz CT molecular complexity index is 1090. The summed E-state index contributed by atoms with van der Waals surface area (Å²) in [7, 11) is 0. The molecular weight excluding hydrogens is 430 g/mol. The first kappa shape index (κ1) is 24.9. The SMILES string of the molecule is C/C(=C\[C@@H](C)COCc1ccccc1)C[C@H](OC(=O)c1ccc([N+](=O)[O-])cc1)c1ccccc1. The molecular formula is C28H29NO5. The van der Waals surface area contributed by atoms with Crippen LogP contribution in [0.15, 0.2) is 96.6 Å². The van der Waals surface area contributed by atoms with E-state index in [0.717, 1.165) is 16.7 Å². The topological polar surface area (TPSA) is 78.7 Å². The van der Waals surface area contributed by atoms with E-state index in [1.807, 2.05) is 67.6 Å². The predicted molar refractivity (Wildman–Crippen MR) is 131 cm³/mol. The number of nitro benzene ring substituents is 1. The normalized spacial score (nSPS) is 13.2. The lowest BCUT2D eigenvalue weighted by Crippen LogP contribution is -2.13. The van der Waals surface area contributed by atoms with Gasteiger partial charge in [0.05, 0.1) is 23.7 Å². The average molecular weight is 460 g/mol. The fraction of sp³-hybridized carbons (Fsp3) is 0.250. The van der Waals surface area contributed by atoms with Gasteiger partial charge < -0.3 is 9.47 Å². The van der Waals surface area contributed by atoms with Crippen molar-refractivity contribution in [2.24, 2.45) is 5.92 Å². The number of carbonyl (C=O) groups is 1. The minimum Gasteiger partial charge on any atom is -0.454 e. The Balaban J connectivity index is 1.63. The summed E-state index contributed by atoms with van der Waals surface area (Å²) in [5.74, 6) is -0.318. The van der Waals surface area contributed by atoms with Gasteiger partial charge in [-0.3, -0.25) is 10.1 Å². The Morgan fingerprint density at radius 3 is 2.21 bits per heavy atom. The van der Waals surface area contributed by atoms with E-state index in [1.54, 1.807) is 0 Å². The van der Waals surface area contributed by atoms with Crippen molar-refractivity contribution in [1.29, 1.82) is 0 Å². The number of hydrogen-bond acceptors (Lipinski definition) is 5.